The van der Waals surface area contributed by atoms with Crippen LogP contribution in [0.2, 0.25) is 0 Å². The minimum atomic E-state index is -0.509. The molecular formula is C16H19N3O4S. The molecule has 0 bridgehead atoms. The van der Waals surface area contributed by atoms with Crippen LogP contribution in [0, 0.1) is 0 Å². The van der Waals surface area contributed by atoms with E-state index in [1.807, 2.05) is 5.38 Å². The Morgan fingerprint density at radius 2 is 2.25 bits per heavy atom. The van der Waals surface area contributed by atoms with Crippen LogP contribution in [0.3, 0.4) is 0 Å². The zero-order valence-corrected chi connectivity index (χ0v) is 14.3. The monoisotopic (exact) mass is 349 g/mol. The average Bonchev–Trinajstić information content (AvgIpc) is 3.10. The van der Waals surface area contributed by atoms with Gasteiger partial charge in [0.1, 0.15) is 10.9 Å². The van der Waals surface area contributed by atoms with Gasteiger partial charge in [-0.3, -0.25) is 14.2 Å². The normalized spacial score (nSPS) is 17.9. The first kappa shape index (κ1) is 16.6. The molecule has 0 N–H and O–H groups in total. The smallest absolute Gasteiger partial charge is 0.328 e. The lowest BCUT2D eigenvalue weighted by atomic mass is 10.0. The highest BCUT2D eigenvalue weighted by Crippen LogP contribution is 2.19. The highest BCUT2D eigenvalue weighted by molar-refractivity contribution is 7.16. The van der Waals surface area contributed by atoms with Crippen molar-refractivity contribution in [1.82, 2.24) is 14.5 Å². The summed E-state index contributed by atoms with van der Waals surface area (Å²) in [5, 5.41) is 2.39. The number of thiophene rings is 1. The van der Waals surface area contributed by atoms with E-state index in [0.717, 1.165) is 12.8 Å². The van der Waals surface area contributed by atoms with E-state index < -0.39 is 6.04 Å². The van der Waals surface area contributed by atoms with E-state index in [1.165, 1.54) is 29.3 Å². The summed E-state index contributed by atoms with van der Waals surface area (Å²) >= 11 is 1.41. The first-order valence-electron chi connectivity index (χ1n) is 7.91. The summed E-state index contributed by atoms with van der Waals surface area (Å²) in [5.41, 5.74) is -0.141. The summed E-state index contributed by atoms with van der Waals surface area (Å²) < 4.78 is 6.24. The number of hydrogen-bond acceptors (Lipinski definition) is 6. The molecule has 0 aromatic carbocycles. The largest absolute Gasteiger partial charge is 0.467 e. The fourth-order valence-corrected chi connectivity index (χ4v) is 3.75. The van der Waals surface area contributed by atoms with Gasteiger partial charge in [0.05, 0.1) is 18.8 Å². The molecule has 1 fully saturated rings. The number of rotatable bonds is 4. The Hall–Kier alpha value is -2.22. The second kappa shape index (κ2) is 7.12. The van der Waals surface area contributed by atoms with Crippen LogP contribution in [0.1, 0.15) is 25.7 Å². The number of aryl methyl sites for hydroxylation is 1. The number of hydrogen-bond donors (Lipinski definition) is 0. The van der Waals surface area contributed by atoms with Crippen molar-refractivity contribution in [2.45, 2.75) is 38.3 Å². The van der Waals surface area contributed by atoms with Crippen LogP contribution in [0.25, 0.3) is 10.2 Å². The Balaban J connectivity index is 1.70. The quantitative estimate of drug-likeness (QED) is 0.780. The van der Waals surface area contributed by atoms with Crippen LogP contribution in [-0.4, -0.2) is 46.0 Å². The Kier molecular flexibility index (Phi) is 4.94. The number of ether oxygens (including phenoxy) is 1. The molecule has 2 aromatic heterocycles. The molecule has 3 heterocycles. The molecule has 0 radical (unpaired) electrons. The number of methoxy groups -OCH3 is 1. The van der Waals surface area contributed by atoms with E-state index >= 15 is 0 Å². The fourth-order valence-electron chi connectivity index (χ4n) is 3.02. The van der Waals surface area contributed by atoms with E-state index in [0.29, 0.717) is 23.2 Å². The Morgan fingerprint density at radius 1 is 1.42 bits per heavy atom. The van der Waals surface area contributed by atoms with E-state index in [9.17, 15) is 14.4 Å². The zero-order valence-electron chi connectivity index (χ0n) is 13.4. The molecule has 1 atom stereocenters. The molecule has 1 unspecified atom stereocenters. The summed E-state index contributed by atoms with van der Waals surface area (Å²) in [6.45, 7) is 0.802. The lowest BCUT2D eigenvalue weighted by molar-refractivity contribution is -0.154. The number of nitrogens with zero attached hydrogens (tertiary/aromatic N) is 3. The second-order valence-corrected chi connectivity index (χ2v) is 6.65. The molecule has 2 aromatic rings. The standard InChI is InChI=1S/C16H19N3O4S/c1-23-16(22)12-4-2-3-7-19(12)13(20)5-8-18-10-17-14-11(15(18)21)6-9-24-14/h6,9-10,12H,2-5,7-8H2,1H3. The number of aromatic nitrogens is 2. The van der Waals surface area contributed by atoms with Gasteiger partial charge in [-0.2, -0.15) is 0 Å². The first-order valence-corrected chi connectivity index (χ1v) is 8.79. The highest BCUT2D eigenvalue weighted by atomic mass is 32.1. The van der Waals surface area contributed by atoms with Crippen LogP contribution in [-0.2, 0) is 20.9 Å². The van der Waals surface area contributed by atoms with Gasteiger partial charge in [-0.05, 0) is 30.7 Å². The summed E-state index contributed by atoms with van der Waals surface area (Å²) in [6, 6.07) is 1.23. The summed E-state index contributed by atoms with van der Waals surface area (Å²) in [4.78, 5) is 43.2. The predicted molar refractivity (Wildman–Crippen MR) is 89.9 cm³/mol. The maximum atomic E-state index is 12.5. The van der Waals surface area contributed by atoms with Crippen molar-refractivity contribution in [3.63, 3.8) is 0 Å². The zero-order chi connectivity index (χ0) is 17.1. The Labute approximate surface area is 142 Å². The number of piperidine rings is 1. The van der Waals surface area contributed by atoms with Crippen molar-refractivity contribution in [1.29, 1.82) is 0 Å². The third kappa shape index (κ3) is 3.19. The van der Waals surface area contributed by atoms with Crippen LogP contribution in [0.4, 0.5) is 0 Å². The van der Waals surface area contributed by atoms with Gasteiger partial charge in [0.2, 0.25) is 5.91 Å². The number of likely N-dealkylation sites (tertiary alicyclic amines) is 1. The molecule has 0 saturated carbocycles. The van der Waals surface area contributed by atoms with Crippen molar-refractivity contribution >= 4 is 33.4 Å². The predicted octanol–water partition coefficient (Wildman–Crippen LogP) is 1.40. The first-order chi connectivity index (χ1) is 11.6. The molecule has 1 amide bonds. The molecular weight excluding hydrogens is 330 g/mol. The van der Waals surface area contributed by atoms with E-state index in [-0.39, 0.29) is 30.4 Å². The highest BCUT2D eigenvalue weighted by Gasteiger charge is 2.32. The lowest BCUT2D eigenvalue weighted by Gasteiger charge is -2.33. The van der Waals surface area contributed by atoms with Gasteiger partial charge in [0, 0.05) is 19.5 Å². The number of carbonyl (C=O) groups is 2. The van der Waals surface area contributed by atoms with Crippen molar-refractivity contribution in [3.8, 4) is 0 Å². The van der Waals surface area contributed by atoms with Gasteiger partial charge in [0.25, 0.3) is 5.56 Å². The average molecular weight is 349 g/mol. The van der Waals surface area contributed by atoms with E-state index in [1.54, 1.807) is 11.0 Å². The minimum absolute atomic E-state index is 0.137. The van der Waals surface area contributed by atoms with Gasteiger partial charge < -0.3 is 9.64 Å². The van der Waals surface area contributed by atoms with Crippen molar-refractivity contribution in [2.75, 3.05) is 13.7 Å². The minimum Gasteiger partial charge on any atom is -0.467 e. The van der Waals surface area contributed by atoms with E-state index in [2.05, 4.69) is 4.98 Å². The second-order valence-electron chi connectivity index (χ2n) is 5.75. The molecule has 128 valence electrons. The third-order valence-corrected chi connectivity index (χ3v) is 5.13. The molecule has 7 nitrogen and oxygen atoms in total. The molecule has 1 saturated heterocycles. The molecule has 1 aliphatic heterocycles. The van der Waals surface area contributed by atoms with Gasteiger partial charge >= 0.3 is 5.97 Å². The Bertz CT molecular complexity index is 813. The van der Waals surface area contributed by atoms with Crippen LogP contribution < -0.4 is 5.56 Å². The summed E-state index contributed by atoms with van der Waals surface area (Å²) in [7, 11) is 1.33. The molecule has 8 heteroatoms. The van der Waals surface area contributed by atoms with Gasteiger partial charge in [-0.1, -0.05) is 0 Å². The maximum absolute atomic E-state index is 12.5. The number of amides is 1. The molecule has 3 rings (SSSR count). The molecule has 24 heavy (non-hydrogen) atoms. The van der Waals surface area contributed by atoms with Crippen molar-refractivity contribution in [3.05, 3.63) is 28.1 Å². The topological polar surface area (TPSA) is 81.5 Å². The summed E-state index contributed by atoms with van der Waals surface area (Å²) in [5.74, 6) is -0.510. The third-order valence-electron chi connectivity index (χ3n) is 4.31. The Morgan fingerprint density at radius 3 is 3.04 bits per heavy atom. The van der Waals surface area contributed by atoms with Crippen LogP contribution in [0.15, 0.2) is 22.6 Å². The maximum Gasteiger partial charge on any atom is 0.328 e. The van der Waals surface area contributed by atoms with E-state index in [4.69, 9.17) is 4.74 Å². The van der Waals surface area contributed by atoms with Crippen LogP contribution in [0.5, 0.6) is 0 Å². The molecule has 0 spiro atoms. The van der Waals surface area contributed by atoms with Crippen molar-refractivity contribution in [2.24, 2.45) is 0 Å². The number of carbonyl (C=O) groups excluding carboxylic acids is 2. The van der Waals surface area contributed by atoms with Gasteiger partial charge in [-0.25, -0.2) is 9.78 Å². The van der Waals surface area contributed by atoms with Gasteiger partial charge in [-0.15, -0.1) is 11.3 Å². The number of fused-ring (bicyclic) bond motifs is 1. The fraction of sp³-hybridized carbons (Fsp3) is 0.500. The molecule has 0 aliphatic carbocycles. The SMILES string of the molecule is COC(=O)C1CCCCN1C(=O)CCn1cnc2sccc2c1=O. The lowest BCUT2D eigenvalue weighted by Crippen LogP contribution is -2.48. The van der Waals surface area contributed by atoms with Gasteiger partial charge in [0.15, 0.2) is 0 Å². The molecule has 1 aliphatic rings. The van der Waals surface area contributed by atoms with Crippen molar-refractivity contribution < 1.29 is 14.3 Å². The summed E-state index contributed by atoms with van der Waals surface area (Å²) in [6.07, 6.45) is 4.04. The number of esters is 1. The van der Waals surface area contributed by atoms with Crippen LogP contribution >= 0.6 is 11.3 Å².